The smallest absolute Gasteiger partial charge is 0.415 e. The fourth-order valence-corrected chi connectivity index (χ4v) is 3.03. The quantitative estimate of drug-likeness (QED) is 0.860. The molecule has 0 saturated carbocycles. The van der Waals surface area contributed by atoms with Crippen LogP contribution in [0.3, 0.4) is 0 Å². The molecule has 1 saturated heterocycles. The van der Waals surface area contributed by atoms with Gasteiger partial charge in [0.25, 0.3) is 0 Å². The number of nitrogens with one attached hydrogen (secondary N) is 1. The number of hydrogen-bond acceptors (Lipinski definition) is 5. The van der Waals surface area contributed by atoms with E-state index in [-0.39, 0.29) is 18.2 Å². The van der Waals surface area contributed by atoms with E-state index in [1.165, 1.54) is 0 Å². The van der Waals surface area contributed by atoms with Gasteiger partial charge in [-0.05, 0) is 30.9 Å². The lowest BCUT2D eigenvalue weighted by atomic mass is 10.0. The number of aromatic nitrogens is 2. The summed E-state index contributed by atoms with van der Waals surface area (Å²) in [7, 11) is 0. The van der Waals surface area contributed by atoms with E-state index in [0.717, 1.165) is 12.0 Å². The summed E-state index contributed by atoms with van der Waals surface area (Å²) >= 11 is 0. The van der Waals surface area contributed by atoms with Gasteiger partial charge in [-0.15, -0.1) is 0 Å². The normalized spacial score (nSPS) is 18.3. The average molecular weight is 340 g/mol. The van der Waals surface area contributed by atoms with Crippen LogP contribution in [-0.4, -0.2) is 28.7 Å². The van der Waals surface area contributed by atoms with Crippen LogP contribution in [0.4, 0.5) is 16.6 Å². The molecule has 6 heteroatoms. The Morgan fingerprint density at radius 2 is 2.00 bits per heavy atom. The summed E-state index contributed by atoms with van der Waals surface area (Å²) in [6.07, 6.45) is 2.20. The number of rotatable bonds is 6. The first-order valence-electron chi connectivity index (χ1n) is 8.65. The van der Waals surface area contributed by atoms with E-state index in [0.29, 0.717) is 24.3 Å². The van der Waals surface area contributed by atoms with Crippen LogP contribution >= 0.6 is 0 Å². The molecule has 25 heavy (non-hydrogen) atoms. The Balaban J connectivity index is 1.77. The van der Waals surface area contributed by atoms with Gasteiger partial charge in [0.05, 0.1) is 12.1 Å². The fraction of sp³-hybridized carbons (Fsp3) is 0.421. The second-order valence-electron chi connectivity index (χ2n) is 6.75. The summed E-state index contributed by atoms with van der Waals surface area (Å²) in [4.78, 5) is 22.6. The van der Waals surface area contributed by atoms with Crippen LogP contribution in [0.25, 0.3) is 0 Å². The minimum absolute atomic E-state index is 0.0156. The first-order valence-corrected chi connectivity index (χ1v) is 8.65. The maximum Gasteiger partial charge on any atom is 0.415 e. The summed E-state index contributed by atoms with van der Waals surface area (Å²) in [5.74, 6) is 1.54. The molecular weight excluding hydrogens is 316 g/mol. The van der Waals surface area contributed by atoms with Gasteiger partial charge in [0, 0.05) is 6.20 Å². The molecule has 132 valence electrons. The number of hydrogen-bond donors (Lipinski definition) is 1. The van der Waals surface area contributed by atoms with E-state index in [2.05, 4.69) is 48.2 Å². The van der Waals surface area contributed by atoms with Gasteiger partial charge >= 0.3 is 6.09 Å². The Morgan fingerprint density at radius 3 is 2.72 bits per heavy atom. The van der Waals surface area contributed by atoms with Crippen molar-refractivity contribution < 1.29 is 9.53 Å². The highest BCUT2D eigenvalue weighted by molar-refractivity contribution is 5.89. The summed E-state index contributed by atoms with van der Waals surface area (Å²) < 4.78 is 5.23. The number of amides is 1. The molecule has 6 nitrogen and oxygen atoms in total. The Labute approximate surface area is 148 Å². The fourth-order valence-electron chi connectivity index (χ4n) is 3.03. The van der Waals surface area contributed by atoms with E-state index >= 15 is 0 Å². The Kier molecular flexibility index (Phi) is 5.16. The lowest BCUT2D eigenvalue weighted by Crippen LogP contribution is -2.35. The second-order valence-corrected chi connectivity index (χ2v) is 6.75. The highest BCUT2D eigenvalue weighted by Gasteiger charge is 2.35. The van der Waals surface area contributed by atoms with Crippen LogP contribution in [-0.2, 0) is 4.74 Å². The molecule has 0 unspecified atom stereocenters. The van der Waals surface area contributed by atoms with Gasteiger partial charge in [-0.2, -0.15) is 4.98 Å². The monoisotopic (exact) mass is 340 g/mol. The van der Waals surface area contributed by atoms with Gasteiger partial charge in [0.2, 0.25) is 5.95 Å². The minimum atomic E-state index is -0.341. The standard InChI is InChI=1S/C19H24N4O2/c1-13(2)11-16-12-25-19(24)23(16)17-9-10-20-18(22-17)21-14(3)15-7-5-4-6-8-15/h4-10,13-14,16H,11-12H2,1-3H3,(H,20,21,22)/t14-,16+/m0/s1. The van der Waals surface area contributed by atoms with Crippen molar-refractivity contribution in [2.75, 3.05) is 16.8 Å². The average Bonchev–Trinajstić information content (AvgIpc) is 2.95. The van der Waals surface area contributed by atoms with Gasteiger partial charge in [-0.1, -0.05) is 44.2 Å². The summed E-state index contributed by atoms with van der Waals surface area (Å²) in [6.45, 7) is 6.73. The van der Waals surface area contributed by atoms with E-state index in [1.54, 1.807) is 17.2 Å². The molecular formula is C19H24N4O2. The molecule has 1 aromatic carbocycles. The molecule has 0 aliphatic carbocycles. The lowest BCUT2D eigenvalue weighted by Gasteiger charge is -2.22. The number of anilines is 2. The van der Waals surface area contributed by atoms with E-state index in [1.807, 2.05) is 18.2 Å². The third kappa shape index (κ3) is 4.07. The Bertz CT molecular complexity index is 720. The van der Waals surface area contributed by atoms with E-state index in [4.69, 9.17) is 4.74 Å². The molecule has 1 aliphatic rings. The molecule has 2 heterocycles. The van der Waals surface area contributed by atoms with Gasteiger partial charge in [-0.25, -0.2) is 9.78 Å². The number of nitrogens with zero attached hydrogens (tertiary/aromatic N) is 3. The number of carbonyl (C=O) groups excluding carboxylic acids is 1. The zero-order chi connectivity index (χ0) is 17.8. The van der Waals surface area contributed by atoms with Gasteiger partial charge in [0.1, 0.15) is 12.4 Å². The van der Waals surface area contributed by atoms with Gasteiger partial charge in [0.15, 0.2) is 0 Å². The largest absolute Gasteiger partial charge is 0.447 e. The Hall–Kier alpha value is -2.63. The van der Waals surface area contributed by atoms with Crippen LogP contribution in [0.1, 0.15) is 38.8 Å². The SMILES string of the molecule is CC(C)C[C@@H]1COC(=O)N1c1ccnc(N[C@@H](C)c2ccccc2)n1. The van der Waals surface area contributed by atoms with Crippen LogP contribution in [0.15, 0.2) is 42.6 Å². The van der Waals surface area contributed by atoms with Crippen LogP contribution in [0, 0.1) is 5.92 Å². The van der Waals surface area contributed by atoms with E-state index in [9.17, 15) is 4.79 Å². The molecule has 2 atom stereocenters. The molecule has 1 aliphatic heterocycles. The van der Waals surface area contributed by atoms with Gasteiger partial charge < -0.3 is 10.1 Å². The molecule has 1 fully saturated rings. The minimum Gasteiger partial charge on any atom is -0.447 e. The second kappa shape index (κ2) is 7.51. The first-order chi connectivity index (χ1) is 12.0. The van der Waals surface area contributed by atoms with Gasteiger partial charge in [-0.3, -0.25) is 4.90 Å². The van der Waals surface area contributed by atoms with E-state index < -0.39 is 0 Å². The molecule has 1 N–H and O–H groups in total. The lowest BCUT2D eigenvalue weighted by molar-refractivity contribution is 0.178. The van der Waals surface area contributed by atoms with Crippen LogP contribution < -0.4 is 10.2 Å². The predicted molar refractivity (Wildman–Crippen MR) is 97.6 cm³/mol. The van der Waals surface area contributed by atoms with Crippen LogP contribution in [0.5, 0.6) is 0 Å². The zero-order valence-corrected chi connectivity index (χ0v) is 14.8. The highest BCUT2D eigenvalue weighted by atomic mass is 16.6. The van der Waals surface area contributed by atoms with Crippen molar-refractivity contribution in [1.82, 2.24) is 9.97 Å². The summed E-state index contributed by atoms with van der Waals surface area (Å²) in [6, 6.07) is 11.9. The maximum absolute atomic E-state index is 12.1. The zero-order valence-electron chi connectivity index (χ0n) is 14.8. The first kappa shape index (κ1) is 17.2. The van der Waals surface area contributed by atoms with Crippen molar-refractivity contribution in [3.8, 4) is 0 Å². The number of ether oxygens (including phenoxy) is 1. The number of benzene rings is 1. The molecule has 0 spiro atoms. The third-order valence-corrected chi connectivity index (χ3v) is 4.24. The Morgan fingerprint density at radius 1 is 1.24 bits per heavy atom. The third-order valence-electron chi connectivity index (χ3n) is 4.24. The van der Waals surface area contributed by atoms with Crippen molar-refractivity contribution >= 4 is 17.9 Å². The molecule has 3 rings (SSSR count). The van der Waals surface area contributed by atoms with Crippen molar-refractivity contribution in [3.05, 3.63) is 48.2 Å². The summed E-state index contributed by atoms with van der Waals surface area (Å²) in [5.41, 5.74) is 1.15. The van der Waals surface area contributed by atoms with Crippen molar-refractivity contribution in [1.29, 1.82) is 0 Å². The number of cyclic esters (lactones) is 1. The van der Waals surface area contributed by atoms with Crippen LogP contribution in [0.2, 0.25) is 0 Å². The van der Waals surface area contributed by atoms with Crippen molar-refractivity contribution in [2.45, 2.75) is 39.3 Å². The molecule has 1 amide bonds. The number of carbonyl (C=O) groups is 1. The van der Waals surface area contributed by atoms with Crippen molar-refractivity contribution in [3.63, 3.8) is 0 Å². The molecule has 0 bridgehead atoms. The highest BCUT2D eigenvalue weighted by Crippen LogP contribution is 2.26. The predicted octanol–water partition coefficient (Wildman–Crippen LogP) is 4.02. The van der Waals surface area contributed by atoms with Crippen molar-refractivity contribution in [2.24, 2.45) is 5.92 Å². The maximum atomic E-state index is 12.1. The molecule has 0 radical (unpaired) electrons. The molecule has 1 aromatic heterocycles. The summed E-state index contributed by atoms with van der Waals surface area (Å²) in [5, 5.41) is 3.29. The topological polar surface area (TPSA) is 67.3 Å². The molecule has 2 aromatic rings.